The number of anilines is 1. The van der Waals surface area contributed by atoms with Crippen LogP contribution < -0.4 is 5.32 Å². The Labute approximate surface area is 175 Å². The number of amides is 1. The molecule has 0 radical (unpaired) electrons. The van der Waals surface area contributed by atoms with Crippen molar-refractivity contribution in [1.82, 2.24) is 9.97 Å². The first-order valence-corrected chi connectivity index (χ1v) is 9.97. The number of carbonyl (C=O) groups is 1. The number of nitrogens with zero attached hydrogens (tertiary/aromatic N) is 2. The number of hydrogen-bond donors (Lipinski definition) is 1. The third-order valence-corrected chi connectivity index (χ3v) is 5.39. The van der Waals surface area contributed by atoms with E-state index < -0.39 is 0 Å². The van der Waals surface area contributed by atoms with Gasteiger partial charge in [-0.15, -0.1) is 11.3 Å². The number of benzene rings is 2. The molecule has 2 aromatic carbocycles. The Morgan fingerprint density at radius 3 is 2.64 bits per heavy atom. The third kappa shape index (κ3) is 4.07. The largest absolute Gasteiger partial charge is 0.322 e. The van der Waals surface area contributed by atoms with Crippen molar-refractivity contribution in [1.29, 1.82) is 0 Å². The maximum atomic E-state index is 12.5. The molecular weight excluding hydrogens is 413 g/mol. The van der Waals surface area contributed by atoms with Crippen molar-refractivity contribution < 1.29 is 4.79 Å². The monoisotopic (exact) mass is 425 g/mol. The first kappa shape index (κ1) is 18.6. The minimum atomic E-state index is -0.300. The van der Waals surface area contributed by atoms with Gasteiger partial charge in [0, 0.05) is 27.9 Å². The number of carbonyl (C=O) groups excluding carboxylic acids is 1. The van der Waals surface area contributed by atoms with Gasteiger partial charge in [0.25, 0.3) is 5.91 Å². The van der Waals surface area contributed by atoms with Crippen molar-refractivity contribution in [2.24, 2.45) is 0 Å². The lowest BCUT2D eigenvalue weighted by molar-refractivity contribution is 0.102. The highest BCUT2D eigenvalue weighted by Crippen LogP contribution is 2.29. The van der Waals surface area contributed by atoms with Crippen LogP contribution in [-0.2, 0) is 0 Å². The topological polar surface area (TPSA) is 54.9 Å². The van der Waals surface area contributed by atoms with Crippen LogP contribution in [0.1, 0.15) is 10.4 Å². The molecule has 1 amide bonds. The standard InChI is InChI=1S/C21H13Cl2N3OS/c22-14-7-8-16(17(23)11-14)20(27)25-15-5-3-4-13(10-15)19-12-28-21(26-19)18-6-1-2-9-24-18/h1-12H,(H,25,27). The molecule has 4 rings (SSSR count). The van der Waals surface area contributed by atoms with Gasteiger partial charge in [-0.2, -0.15) is 0 Å². The van der Waals surface area contributed by atoms with Crippen molar-refractivity contribution >= 4 is 46.1 Å². The minimum absolute atomic E-state index is 0.300. The van der Waals surface area contributed by atoms with E-state index in [1.807, 2.05) is 47.8 Å². The first-order chi connectivity index (χ1) is 13.6. The fourth-order valence-corrected chi connectivity index (χ4v) is 3.94. The van der Waals surface area contributed by atoms with Gasteiger partial charge in [-0.3, -0.25) is 9.78 Å². The van der Waals surface area contributed by atoms with E-state index in [9.17, 15) is 4.79 Å². The minimum Gasteiger partial charge on any atom is -0.322 e. The van der Waals surface area contributed by atoms with Gasteiger partial charge in [0.2, 0.25) is 0 Å². The summed E-state index contributed by atoms with van der Waals surface area (Å²) < 4.78 is 0. The molecule has 7 heteroatoms. The molecule has 0 bridgehead atoms. The summed E-state index contributed by atoms with van der Waals surface area (Å²) in [5.74, 6) is -0.300. The molecule has 0 aliphatic carbocycles. The summed E-state index contributed by atoms with van der Waals surface area (Å²) in [6, 6.07) is 18.0. The molecule has 0 fully saturated rings. The zero-order valence-electron chi connectivity index (χ0n) is 14.4. The maximum absolute atomic E-state index is 12.5. The highest BCUT2D eigenvalue weighted by atomic mass is 35.5. The highest BCUT2D eigenvalue weighted by Gasteiger charge is 2.12. The predicted octanol–water partition coefficient (Wildman–Crippen LogP) is 6.43. The van der Waals surface area contributed by atoms with E-state index in [0.29, 0.717) is 21.3 Å². The van der Waals surface area contributed by atoms with E-state index >= 15 is 0 Å². The average molecular weight is 426 g/mol. The van der Waals surface area contributed by atoms with Crippen LogP contribution in [0.5, 0.6) is 0 Å². The summed E-state index contributed by atoms with van der Waals surface area (Å²) in [6.07, 6.45) is 1.74. The van der Waals surface area contributed by atoms with Crippen LogP contribution in [0, 0.1) is 0 Å². The van der Waals surface area contributed by atoms with E-state index in [2.05, 4.69) is 15.3 Å². The SMILES string of the molecule is O=C(Nc1cccc(-c2csc(-c3ccccn3)n2)c1)c1ccc(Cl)cc1Cl. The normalized spacial score (nSPS) is 10.6. The van der Waals surface area contributed by atoms with Gasteiger partial charge in [-0.25, -0.2) is 4.98 Å². The number of pyridine rings is 1. The smallest absolute Gasteiger partial charge is 0.257 e. The Hall–Kier alpha value is -2.73. The summed E-state index contributed by atoms with van der Waals surface area (Å²) in [6.45, 7) is 0. The number of hydrogen-bond acceptors (Lipinski definition) is 4. The van der Waals surface area contributed by atoms with Crippen LogP contribution in [0.15, 0.2) is 72.2 Å². The molecule has 28 heavy (non-hydrogen) atoms. The number of aromatic nitrogens is 2. The lowest BCUT2D eigenvalue weighted by atomic mass is 10.1. The van der Waals surface area contributed by atoms with Crippen molar-refractivity contribution in [3.8, 4) is 22.0 Å². The maximum Gasteiger partial charge on any atom is 0.257 e. The molecule has 2 heterocycles. The van der Waals surface area contributed by atoms with Crippen LogP contribution in [0.3, 0.4) is 0 Å². The highest BCUT2D eigenvalue weighted by molar-refractivity contribution is 7.13. The van der Waals surface area contributed by atoms with Gasteiger partial charge in [0.15, 0.2) is 0 Å². The average Bonchev–Trinajstić information content (AvgIpc) is 3.19. The van der Waals surface area contributed by atoms with Crippen LogP contribution in [-0.4, -0.2) is 15.9 Å². The second-order valence-corrected chi connectivity index (χ2v) is 7.61. The molecule has 0 aliphatic rings. The van der Waals surface area contributed by atoms with E-state index in [0.717, 1.165) is 22.0 Å². The number of halogens is 2. The molecule has 2 aromatic heterocycles. The van der Waals surface area contributed by atoms with Crippen molar-refractivity contribution in [2.75, 3.05) is 5.32 Å². The summed E-state index contributed by atoms with van der Waals surface area (Å²) in [5, 5.41) is 6.47. The van der Waals surface area contributed by atoms with Crippen molar-refractivity contribution in [2.45, 2.75) is 0 Å². The Bertz CT molecular complexity index is 1150. The first-order valence-electron chi connectivity index (χ1n) is 8.34. The molecule has 4 aromatic rings. The number of rotatable bonds is 4. The van der Waals surface area contributed by atoms with Gasteiger partial charge < -0.3 is 5.32 Å². The van der Waals surface area contributed by atoms with Gasteiger partial charge >= 0.3 is 0 Å². The molecule has 0 atom stereocenters. The quantitative estimate of drug-likeness (QED) is 0.409. The Morgan fingerprint density at radius 2 is 1.86 bits per heavy atom. The summed E-state index contributed by atoms with van der Waals surface area (Å²) in [4.78, 5) is 21.5. The Balaban J connectivity index is 1.57. The second-order valence-electron chi connectivity index (χ2n) is 5.91. The molecule has 1 N–H and O–H groups in total. The summed E-state index contributed by atoms with van der Waals surface area (Å²) in [7, 11) is 0. The van der Waals surface area contributed by atoms with Gasteiger partial charge in [-0.05, 0) is 42.5 Å². The summed E-state index contributed by atoms with van der Waals surface area (Å²) >= 11 is 13.5. The zero-order chi connectivity index (χ0) is 19.5. The lowest BCUT2D eigenvalue weighted by Crippen LogP contribution is -2.12. The number of thiazole rings is 1. The molecule has 4 nitrogen and oxygen atoms in total. The van der Waals surface area contributed by atoms with Crippen LogP contribution in [0.25, 0.3) is 22.0 Å². The molecule has 0 spiro atoms. The third-order valence-electron chi connectivity index (χ3n) is 3.98. The van der Waals surface area contributed by atoms with Gasteiger partial charge in [-0.1, -0.05) is 41.4 Å². The summed E-state index contributed by atoms with van der Waals surface area (Å²) in [5.41, 5.74) is 3.58. The number of nitrogens with one attached hydrogen (secondary N) is 1. The molecule has 138 valence electrons. The molecule has 0 aliphatic heterocycles. The predicted molar refractivity (Wildman–Crippen MR) is 115 cm³/mol. The van der Waals surface area contributed by atoms with Crippen LogP contribution in [0.2, 0.25) is 10.0 Å². The van der Waals surface area contributed by atoms with Crippen molar-refractivity contribution in [3.05, 3.63) is 87.8 Å². The zero-order valence-corrected chi connectivity index (χ0v) is 16.7. The van der Waals surface area contributed by atoms with Gasteiger partial charge in [0.05, 0.1) is 22.0 Å². The molecule has 0 unspecified atom stereocenters. The van der Waals surface area contributed by atoms with E-state index in [4.69, 9.17) is 23.2 Å². The fraction of sp³-hybridized carbons (Fsp3) is 0. The molecule has 0 saturated carbocycles. The second kappa shape index (κ2) is 8.10. The van der Waals surface area contributed by atoms with E-state index in [1.165, 1.54) is 11.3 Å². The Morgan fingerprint density at radius 1 is 0.964 bits per heavy atom. The van der Waals surface area contributed by atoms with Crippen LogP contribution >= 0.6 is 34.5 Å². The molecular formula is C21H13Cl2N3OS. The van der Waals surface area contributed by atoms with Crippen molar-refractivity contribution in [3.63, 3.8) is 0 Å². The van der Waals surface area contributed by atoms with Crippen LogP contribution in [0.4, 0.5) is 5.69 Å². The van der Waals surface area contributed by atoms with E-state index in [-0.39, 0.29) is 5.91 Å². The van der Waals surface area contributed by atoms with Gasteiger partial charge in [0.1, 0.15) is 5.01 Å². The molecule has 0 saturated heterocycles. The Kier molecular flexibility index (Phi) is 5.39. The fourth-order valence-electron chi connectivity index (χ4n) is 2.64. The van der Waals surface area contributed by atoms with E-state index in [1.54, 1.807) is 24.4 Å². The lowest BCUT2D eigenvalue weighted by Gasteiger charge is -2.08.